The Morgan fingerprint density at radius 3 is 2.87 bits per heavy atom. The summed E-state index contributed by atoms with van der Waals surface area (Å²) in [6.45, 7) is -0.129. The van der Waals surface area contributed by atoms with Gasteiger partial charge in [0.1, 0.15) is 0 Å². The summed E-state index contributed by atoms with van der Waals surface area (Å²) in [5.41, 5.74) is 0. The molecule has 0 unspecified atom stereocenters. The fourth-order valence-electron chi connectivity index (χ4n) is 0.697. The molecule has 0 atom stereocenters. The number of hydrogen-bond acceptors (Lipinski definition) is 7. The number of carbonyl (C=O) groups excluding carboxylic acids is 1. The molecule has 0 aliphatic carbocycles. The topological polar surface area (TPSA) is 127 Å². The highest BCUT2D eigenvalue weighted by Crippen LogP contribution is 1.90. The first-order valence-electron chi connectivity index (χ1n) is 3.80. The number of carbonyl (C=O) groups is 1. The van der Waals surface area contributed by atoms with Crippen LogP contribution in [0.4, 0.5) is 0 Å². The minimum atomic E-state index is -3.72. The zero-order chi connectivity index (χ0) is 11.3. The van der Waals surface area contributed by atoms with Crippen molar-refractivity contribution in [1.82, 2.24) is 25.3 Å². The van der Waals surface area contributed by atoms with E-state index in [1.807, 2.05) is 0 Å². The molecule has 1 rings (SSSR count). The first-order valence-corrected chi connectivity index (χ1v) is 5.45. The maximum atomic E-state index is 11.2. The fourth-order valence-corrected chi connectivity index (χ4v) is 1.58. The zero-order valence-corrected chi connectivity index (χ0v) is 8.61. The summed E-state index contributed by atoms with van der Waals surface area (Å²) in [6.07, 6.45) is 0. The second kappa shape index (κ2) is 4.79. The first kappa shape index (κ1) is 11.5. The van der Waals surface area contributed by atoms with Gasteiger partial charge in [-0.3, -0.25) is 4.79 Å². The van der Waals surface area contributed by atoms with Crippen LogP contribution in [0, 0.1) is 0 Å². The lowest BCUT2D eigenvalue weighted by molar-refractivity contribution is -0.137. The van der Waals surface area contributed by atoms with E-state index in [0.717, 1.165) is 7.11 Å². The normalized spacial score (nSPS) is 11.3. The van der Waals surface area contributed by atoms with Gasteiger partial charge in [0.05, 0.1) is 13.7 Å². The molecular weight excluding hydrogens is 226 g/mol. The molecule has 0 amide bonds. The molecule has 15 heavy (non-hydrogen) atoms. The van der Waals surface area contributed by atoms with Crippen molar-refractivity contribution in [3.8, 4) is 0 Å². The zero-order valence-electron chi connectivity index (χ0n) is 7.80. The van der Waals surface area contributed by atoms with Crippen LogP contribution in [0.5, 0.6) is 0 Å². The Kier molecular flexibility index (Phi) is 3.68. The third-order valence-corrected chi connectivity index (χ3v) is 2.57. The third kappa shape index (κ3) is 3.99. The molecule has 10 heteroatoms. The molecule has 2 N–H and O–H groups in total. The van der Waals surface area contributed by atoms with Gasteiger partial charge in [0.25, 0.3) is 0 Å². The summed E-state index contributed by atoms with van der Waals surface area (Å²) in [7, 11) is -2.61. The lowest BCUT2D eigenvalue weighted by atomic mass is 10.7. The maximum absolute atomic E-state index is 11.2. The Morgan fingerprint density at radius 1 is 1.60 bits per heavy atom. The van der Waals surface area contributed by atoms with Gasteiger partial charge in [-0.2, -0.15) is 5.21 Å². The van der Waals surface area contributed by atoms with Gasteiger partial charge < -0.3 is 4.74 Å². The Balaban J connectivity index is 2.47. The highest BCUT2D eigenvalue weighted by atomic mass is 32.2. The van der Waals surface area contributed by atoms with Gasteiger partial charge in [-0.05, 0) is 0 Å². The van der Waals surface area contributed by atoms with E-state index in [4.69, 9.17) is 0 Å². The van der Waals surface area contributed by atoms with Crippen LogP contribution in [0.1, 0.15) is 5.82 Å². The van der Waals surface area contributed by atoms with Crippen molar-refractivity contribution in [1.29, 1.82) is 0 Å². The smallest absolute Gasteiger partial charge is 0.322 e. The molecule has 0 fully saturated rings. The van der Waals surface area contributed by atoms with Crippen LogP contribution in [0.25, 0.3) is 0 Å². The number of esters is 1. The van der Waals surface area contributed by atoms with E-state index in [1.54, 1.807) is 0 Å². The number of ether oxygens (including phenoxy) is 1. The molecule has 1 heterocycles. The van der Waals surface area contributed by atoms with Gasteiger partial charge >= 0.3 is 5.97 Å². The molecule has 1 aromatic rings. The summed E-state index contributed by atoms with van der Waals surface area (Å²) in [5.74, 6) is -1.39. The molecule has 84 valence electrons. The average molecular weight is 235 g/mol. The molecule has 0 saturated carbocycles. The van der Waals surface area contributed by atoms with Crippen molar-refractivity contribution in [3.05, 3.63) is 5.82 Å². The number of nitrogens with one attached hydrogen (secondary N) is 2. The molecule has 0 saturated heterocycles. The molecule has 0 aliphatic rings. The van der Waals surface area contributed by atoms with E-state index in [1.165, 1.54) is 0 Å². The van der Waals surface area contributed by atoms with Gasteiger partial charge in [0.2, 0.25) is 10.0 Å². The van der Waals surface area contributed by atoms with Crippen molar-refractivity contribution in [2.24, 2.45) is 0 Å². The standard InChI is InChI=1S/C5H9N5O4S/c1-14-5(11)3-15(12,13)6-2-4-7-9-10-8-4/h6H,2-3H2,1H3,(H,7,8,9,10). The SMILES string of the molecule is COC(=O)CS(=O)(=O)NCc1nn[nH]n1. The average Bonchev–Trinajstić information content (AvgIpc) is 2.66. The van der Waals surface area contributed by atoms with Crippen LogP contribution < -0.4 is 4.72 Å². The third-order valence-electron chi connectivity index (χ3n) is 1.37. The number of sulfonamides is 1. The highest BCUT2D eigenvalue weighted by molar-refractivity contribution is 7.90. The summed E-state index contributed by atoms with van der Waals surface area (Å²) >= 11 is 0. The molecular formula is C5H9N5O4S. The minimum Gasteiger partial charge on any atom is -0.468 e. The molecule has 0 aromatic carbocycles. The first-order chi connectivity index (χ1) is 7.03. The number of rotatable bonds is 5. The van der Waals surface area contributed by atoms with Crippen molar-refractivity contribution in [2.45, 2.75) is 6.54 Å². The van der Waals surface area contributed by atoms with Gasteiger partial charge in [0.15, 0.2) is 11.6 Å². The van der Waals surface area contributed by atoms with Crippen molar-refractivity contribution in [3.63, 3.8) is 0 Å². The van der Waals surface area contributed by atoms with E-state index >= 15 is 0 Å². The Labute approximate surface area is 85.3 Å². The van der Waals surface area contributed by atoms with E-state index in [-0.39, 0.29) is 12.4 Å². The second-order valence-corrected chi connectivity index (χ2v) is 4.29. The number of aromatic amines is 1. The van der Waals surface area contributed by atoms with Crippen LogP contribution in [0.2, 0.25) is 0 Å². The van der Waals surface area contributed by atoms with Gasteiger partial charge in [-0.15, -0.1) is 10.2 Å². The largest absolute Gasteiger partial charge is 0.468 e. The summed E-state index contributed by atoms with van der Waals surface area (Å²) in [4.78, 5) is 10.7. The Hall–Kier alpha value is -1.55. The summed E-state index contributed by atoms with van der Waals surface area (Å²) in [5, 5.41) is 12.5. The molecule has 1 aromatic heterocycles. The van der Waals surface area contributed by atoms with Crippen molar-refractivity contribution in [2.75, 3.05) is 12.9 Å². The minimum absolute atomic E-state index is 0.129. The van der Waals surface area contributed by atoms with E-state index < -0.39 is 21.7 Å². The molecule has 0 spiro atoms. The van der Waals surface area contributed by atoms with Crippen LogP contribution in [-0.2, 0) is 26.1 Å². The van der Waals surface area contributed by atoms with Crippen molar-refractivity contribution >= 4 is 16.0 Å². The van der Waals surface area contributed by atoms with E-state index in [9.17, 15) is 13.2 Å². The predicted molar refractivity (Wildman–Crippen MR) is 46.8 cm³/mol. The van der Waals surface area contributed by atoms with Gasteiger partial charge in [-0.25, -0.2) is 13.1 Å². The Bertz CT molecular complexity index is 413. The van der Waals surface area contributed by atoms with Crippen LogP contribution in [-0.4, -0.2) is 47.9 Å². The number of nitrogens with zero attached hydrogens (tertiary/aromatic N) is 3. The van der Waals surface area contributed by atoms with Gasteiger partial charge in [0, 0.05) is 0 Å². The van der Waals surface area contributed by atoms with E-state index in [0.29, 0.717) is 0 Å². The van der Waals surface area contributed by atoms with E-state index in [2.05, 4.69) is 30.1 Å². The predicted octanol–water partition coefficient (Wildman–Crippen LogP) is -2.21. The molecule has 9 nitrogen and oxygen atoms in total. The van der Waals surface area contributed by atoms with Crippen LogP contribution >= 0.6 is 0 Å². The number of H-pyrrole nitrogens is 1. The fraction of sp³-hybridized carbons (Fsp3) is 0.600. The lowest BCUT2D eigenvalue weighted by Crippen LogP contribution is -2.30. The lowest BCUT2D eigenvalue weighted by Gasteiger charge is -2.02. The van der Waals surface area contributed by atoms with Gasteiger partial charge in [-0.1, -0.05) is 5.21 Å². The molecule has 0 radical (unpaired) electrons. The number of hydrogen-bond donors (Lipinski definition) is 2. The number of tetrazole rings is 1. The van der Waals surface area contributed by atoms with Crippen molar-refractivity contribution < 1.29 is 17.9 Å². The highest BCUT2D eigenvalue weighted by Gasteiger charge is 2.16. The Morgan fingerprint density at radius 2 is 2.33 bits per heavy atom. The number of methoxy groups -OCH3 is 1. The second-order valence-electron chi connectivity index (χ2n) is 2.48. The number of aromatic nitrogens is 4. The maximum Gasteiger partial charge on any atom is 0.322 e. The quantitative estimate of drug-likeness (QED) is 0.554. The summed E-state index contributed by atoms with van der Waals surface area (Å²) in [6, 6.07) is 0. The van der Waals surface area contributed by atoms with Crippen LogP contribution in [0.3, 0.4) is 0 Å². The summed E-state index contributed by atoms with van der Waals surface area (Å²) < 4.78 is 28.7. The molecule has 0 aliphatic heterocycles. The monoisotopic (exact) mass is 235 g/mol. The molecule has 0 bridgehead atoms. The van der Waals surface area contributed by atoms with Crippen LogP contribution in [0.15, 0.2) is 0 Å².